The van der Waals surface area contributed by atoms with Crippen LogP contribution in [0.4, 0.5) is 0 Å². The Bertz CT molecular complexity index is 498. The molecular weight excluding hydrogens is 260 g/mol. The lowest BCUT2D eigenvalue weighted by atomic mass is 10.2. The van der Waals surface area contributed by atoms with E-state index in [9.17, 15) is 4.79 Å². The van der Waals surface area contributed by atoms with Crippen LogP contribution in [-0.4, -0.2) is 33.5 Å². The third-order valence-corrected chi connectivity index (χ3v) is 2.64. The summed E-state index contributed by atoms with van der Waals surface area (Å²) in [5.41, 5.74) is 3.13. The predicted molar refractivity (Wildman–Crippen MR) is 76.7 cm³/mol. The molecule has 20 heavy (non-hydrogen) atoms. The van der Waals surface area contributed by atoms with Gasteiger partial charge in [-0.2, -0.15) is 5.10 Å². The highest BCUT2D eigenvalue weighted by Gasteiger charge is 2.10. The molecular formula is C14H20N2O4. The second kappa shape index (κ2) is 7.37. The van der Waals surface area contributed by atoms with Gasteiger partial charge in [0.05, 0.1) is 27.5 Å². The summed E-state index contributed by atoms with van der Waals surface area (Å²) in [6.45, 7) is 3.59. The Morgan fingerprint density at radius 3 is 2.15 bits per heavy atom. The van der Waals surface area contributed by atoms with Crippen LogP contribution in [0.5, 0.6) is 17.2 Å². The molecule has 0 aliphatic rings. The molecule has 1 aromatic rings. The van der Waals surface area contributed by atoms with Crippen molar-refractivity contribution in [1.29, 1.82) is 0 Å². The number of nitrogens with one attached hydrogen (secondary N) is 1. The molecule has 110 valence electrons. The van der Waals surface area contributed by atoms with Crippen molar-refractivity contribution in [2.75, 3.05) is 21.3 Å². The van der Waals surface area contributed by atoms with Gasteiger partial charge in [0.1, 0.15) is 5.75 Å². The smallest absolute Gasteiger partial charge is 0.242 e. The molecule has 1 aromatic carbocycles. The lowest BCUT2D eigenvalue weighted by molar-refractivity contribution is -0.123. The van der Waals surface area contributed by atoms with Crippen molar-refractivity contribution in [3.8, 4) is 17.2 Å². The van der Waals surface area contributed by atoms with Gasteiger partial charge in [-0.25, -0.2) is 5.43 Å². The Labute approximate surface area is 118 Å². The van der Waals surface area contributed by atoms with E-state index in [0.29, 0.717) is 22.8 Å². The molecule has 6 nitrogen and oxygen atoms in total. The molecule has 0 aromatic heterocycles. The number of hydrogen-bond donors (Lipinski definition) is 1. The van der Waals surface area contributed by atoms with Crippen LogP contribution < -0.4 is 19.6 Å². The molecule has 0 unspecified atom stereocenters. The summed E-state index contributed by atoms with van der Waals surface area (Å²) in [4.78, 5) is 11.4. The van der Waals surface area contributed by atoms with Crippen LogP contribution in [0.2, 0.25) is 0 Å². The van der Waals surface area contributed by atoms with Crippen LogP contribution in [0, 0.1) is 5.92 Å². The minimum Gasteiger partial charge on any atom is -0.496 e. The van der Waals surface area contributed by atoms with Crippen LogP contribution in [-0.2, 0) is 4.79 Å². The first kappa shape index (κ1) is 15.8. The molecule has 1 amide bonds. The Balaban J connectivity index is 2.99. The molecule has 1 rings (SSSR count). The van der Waals surface area contributed by atoms with Crippen molar-refractivity contribution in [2.45, 2.75) is 13.8 Å². The van der Waals surface area contributed by atoms with E-state index in [1.807, 2.05) is 0 Å². The van der Waals surface area contributed by atoms with Gasteiger partial charge in [-0.15, -0.1) is 0 Å². The highest BCUT2D eigenvalue weighted by atomic mass is 16.5. The normalized spacial score (nSPS) is 10.7. The third kappa shape index (κ3) is 3.88. The van der Waals surface area contributed by atoms with Crippen LogP contribution >= 0.6 is 0 Å². The van der Waals surface area contributed by atoms with Gasteiger partial charge in [0, 0.05) is 17.5 Å². The van der Waals surface area contributed by atoms with Gasteiger partial charge in [0.25, 0.3) is 0 Å². The summed E-state index contributed by atoms with van der Waals surface area (Å²) >= 11 is 0. The van der Waals surface area contributed by atoms with E-state index in [-0.39, 0.29) is 11.8 Å². The summed E-state index contributed by atoms with van der Waals surface area (Å²) in [6, 6.07) is 3.42. The quantitative estimate of drug-likeness (QED) is 0.637. The largest absolute Gasteiger partial charge is 0.496 e. The fourth-order valence-corrected chi connectivity index (χ4v) is 1.45. The molecule has 0 radical (unpaired) electrons. The molecule has 0 atom stereocenters. The molecule has 0 aliphatic carbocycles. The minimum absolute atomic E-state index is 0.126. The minimum atomic E-state index is -0.152. The highest BCUT2D eigenvalue weighted by molar-refractivity contribution is 5.86. The van der Waals surface area contributed by atoms with Crippen molar-refractivity contribution in [2.24, 2.45) is 11.0 Å². The number of ether oxygens (including phenoxy) is 3. The first-order valence-corrected chi connectivity index (χ1v) is 6.16. The number of carbonyl (C=O) groups is 1. The maximum atomic E-state index is 11.4. The number of hydrogen-bond acceptors (Lipinski definition) is 5. The summed E-state index contributed by atoms with van der Waals surface area (Å²) in [7, 11) is 4.64. The number of carbonyl (C=O) groups excluding carboxylic acids is 1. The van der Waals surface area contributed by atoms with E-state index in [2.05, 4.69) is 10.5 Å². The Kier molecular flexibility index (Phi) is 5.83. The molecule has 0 aliphatic heterocycles. The maximum Gasteiger partial charge on any atom is 0.242 e. The summed E-state index contributed by atoms with van der Waals surface area (Å²) in [5, 5.41) is 3.90. The van der Waals surface area contributed by atoms with E-state index in [4.69, 9.17) is 14.2 Å². The summed E-state index contributed by atoms with van der Waals surface area (Å²) in [5.74, 6) is 1.42. The lowest BCUT2D eigenvalue weighted by Crippen LogP contribution is -2.22. The van der Waals surface area contributed by atoms with E-state index in [1.54, 1.807) is 47.3 Å². The molecule has 0 bridgehead atoms. The summed E-state index contributed by atoms with van der Waals surface area (Å²) < 4.78 is 15.7. The van der Waals surface area contributed by atoms with Gasteiger partial charge in [0.2, 0.25) is 5.91 Å². The van der Waals surface area contributed by atoms with E-state index >= 15 is 0 Å². The number of hydrazone groups is 1. The fraction of sp³-hybridized carbons (Fsp3) is 0.429. The monoisotopic (exact) mass is 280 g/mol. The SMILES string of the molecule is COc1cc(OC)c(OC)cc1/C=N\NC(=O)C(C)C. The summed E-state index contributed by atoms with van der Waals surface area (Å²) in [6.07, 6.45) is 1.50. The van der Waals surface area contributed by atoms with E-state index in [0.717, 1.165) is 0 Å². The predicted octanol–water partition coefficient (Wildman–Crippen LogP) is 1.82. The van der Waals surface area contributed by atoms with Crippen LogP contribution in [0.25, 0.3) is 0 Å². The molecule has 1 N–H and O–H groups in total. The van der Waals surface area contributed by atoms with Gasteiger partial charge < -0.3 is 14.2 Å². The zero-order chi connectivity index (χ0) is 15.1. The molecule has 6 heteroatoms. The van der Waals surface area contributed by atoms with E-state index in [1.165, 1.54) is 6.21 Å². The zero-order valence-corrected chi connectivity index (χ0v) is 12.4. The van der Waals surface area contributed by atoms with Crippen LogP contribution in [0.3, 0.4) is 0 Å². The Morgan fingerprint density at radius 1 is 1.10 bits per heavy atom. The lowest BCUT2D eigenvalue weighted by Gasteiger charge is -2.11. The molecule has 0 spiro atoms. The fourth-order valence-electron chi connectivity index (χ4n) is 1.45. The van der Waals surface area contributed by atoms with Crippen molar-refractivity contribution < 1.29 is 19.0 Å². The van der Waals surface area contributed by atoms with Gasteiger partial charge in [-0.3, -0.25) is 4.79 Å². The van der Waals surface area contributed by atoms with Crippen LogP contribution in [0.1, 0.15) is 19.4 Å². The van der Waals surface area contributed by atoms with Crippen LogP contribution in [0.15, 0.2) is 17.2 Å². The number of methoxy groups -OCH3 is 3. The van der Waals surface area contributed by atoms with Gasteiger partial charge in [0.15, 0.2) is 11.5 Å². The average molecular weight is 280 g/mol. The Morgan fingerprint density at radius 2 is 1.65 bits per heavy atom. The van der Waals surface area contributed by atoms with Gasteiger partial charge in [-0.1, -0.05) is 13.8 Å². The van der Waals surface area contributed by atoms with Crippen molar-refractivity contribution in [3.05, 3.63) is 17.7 Å². The van der Waals surface area contributed by atoms with E-state index < -0.39 is 0 Å². The van der Waals surface area contributed by atoms with Gasteiger partial charge >= 0.3 is 0 Å². The Hall–Kier alpha value is -2.24. The molecule has 0 heterocycles. The third-order valence-electron chi connectivity index (χ3n) is 2.64. The molecule has 0 saturated carbocycles. The number of benzene rings is 1. The topological polar surface area (TPSA) is 69.2 Å². The number of rotatable bonds is 6. The maximum absolute atomic E-state index is 11.4. The van der Waals surface area contributed by atoms with Crippen molar-refractivity contribution in [3.63, 3.8) is 0 Å². The zero-order valence-electron chi connectivity index (χ0n) is 12.4. The van der Waals surface area contributed by atoms with Crippen molar-refractivity contribution in [1.82, 2.24) is 5.43 Å². The second-order valence-corrected chi connectivity index (χ2v) is 4.34. The number of nitrogens with zero attached hydrogens (tertiary/aromatic N) is 1. The number of amides is 1. The van der Waals surface area contributed by atoms with Crippen molar-refractivity contribution >= 4 is 12.1 Å². The molecule has 0 fully saturated rings. The first-order chi connectivity index (χ1) is 9.53. The standard InChI is InChI=1S/C14H20N2O4/c1-9(2)14(17)16-15-8-10-6-12(19-4)13(20-5)7-11(10)18-3/h6-9H,1-5H3,(H,16,17)/b15-8-. The van der Waals surface area contributed by atoms with Gasteiger partial charge in [-0.05, 0) is 6.07 Å². The second-order valence-electron chi connectivity index (χ2n) is 4.34. The molecule has 0 saturated heterocycles. The average Bonchev–Trinajstić information content (AvgIpc) is 2.46. The first-order valence-electron chi connectivity index (χ1n) is 6.16. The highest BCUT2D eigenvalue weighted by Crippen LogP contribution is 2.33.